The summed E-state index contributed by atoms with van der Waals surface area (Å²) >= 11 is 29.4. The lowest BCUT2D eigenvalue weighted by atomic mass is 10.2. The standard InChI is InChI=1S/C7H6F3N.5C6H6ClN.3C6H7N.C5H6N2.C3H5N3.C3H4N2O.C3H4N2S/c1-5-2-3-6(4-11-5)7(8,9)10;1-5-4-6(7)2-3-8-5;1-5-2-3-6(7)4-8-5;1-5-2-3-6(7)8-4-5;1-5-6(7)3-2-4-8-5;1-5-3-2-4-6(7)8-5;1-6-2-4-7-5-3-6;1-6-3-2-4-7-5-6;1-6-4-2-3-5-7-6;1-5-6-3-2-4-7-5;1-6-3-4-2-5-6;2*1-3-5-4-2-6-3/h2-4H,1H3;5*2-4H,1H3;3*2-5H,1H3;2-4H,1H3;2-3H,1H3;2*2H,1H3. The number of hydrogen-bond donors (Lipinski definition) is 0. The zero-order valence-corrected chi connectivity index (χ0v) is 60.3. The number of aromatic nitrogens is 18. The van der Waals surface area contributed by atoms with Crippen LogP contribution < -0.4 is 0 Å². The van der Waals surface area contributed by atoms with E-state index < -0.39 is 11.7 Å². The molecular weight excluding hydrogens is 1360 g/mol. The second-order valence-electron chi connectivity index (χ2n) is 19.1. The molecule has 13 heterocycles. The first-order valence-electron chi connectivity index (χ1n) is 28.7. The van der Waals surface area contributed by atoms with Crippen LogP contribution in [0.4, 0.5) is 13.2 Å². The maximum atomic E-state index is 11.9. The average Bonchev–Trinajstić information content (AvgIpc) is 2.04. The molecule has 0 atom stereocenters. The number of rotatable bonds is 0. The van der Waals surface area contributed by atoms with Gasteiger partial charge in [-0.3, -0.25) is 39.6 Å². The average molecular weight is 1440 g/mol. The Balaban J connectivity index is 0.000000527. The van der Waals surface area contributed by atoms with Gasteiger partial charge in [0.2, 0.25) is 12.3 Å². The van der Waals surface area contributed by atoms with Crippen LogP contribution in [0.5, 0.6) is 0 Å². The van der Waals surface area contributed by atoms with Crippen molar-refractivity contribution in [2.45, 2.75) is 89.3 Å². The molecule has 510 valence electrons. The minimum absolute atomic E-state index is 0.551. The third kappa shape index (κ3) is 50.6. The van der Waals surface area contributed by atoms with Crippen LogP contribution >= 0.6 is 69.3 Å². The molecule has 0 unspecified atom stereocenters. The quantitative estimate of drug-likeness (QED) is 0.128. The van der Waals surface area contributed by atoms with Crippen LogP contribution in [0.3, 0.4) is 0 Å². The van der Waals surface area contributed by atoms with Crippen LogP contribution in [-0.2, 0) is 13.2 Å². The minimum Gasteiger partial charge on any atom is -0.428 e. The van der Waals surface area contributed by atoms with Gasteiger partial charge in [0, 0.05) is 122 Å². The van der Waals surface area contributed by atoms with E-state index in [4.69, 9.17) is 58.0 Å². The number of halogens is 8. The zero-order valence-electron chi connectivity index (χ0n) is 55.8. The highest BCUT2D eigenvalue weighted by atomic mass is 35.5. The van der Waals surface area contributed by atoms with Crippen molar-refractivity contribution in [3.8, 4) is 0 Å². The summed E-state index contributed by atoms with van der Waals surface area (Å²) in [4.78, 5) is 46.3. The summed E-state index contributed by atoms with van der Waals surface area (Å²) in [6.07, 6.45) is 20.2. The van der Waals surface area contributed by atoms with Crippen molar-refractivity contribution in [1.29, 1.82) is 0 Å². The molecule has 13 aromatic heterocycles. The van der Waals surface area contributed by atoms with E-state index in [0.29, 0.717) is 26.9 Å². The maximum Gasteiger partial charge on any atom is 0.417 e. The number of aryl methyl sites for hydroxylation is 13. The summed E-state index contributed by atoms with van der Waals surface area (Å²) in [6, 6.07) is 38.1. The van der Waals surface area contributed by atoms with E-state index in [1.807, 2.05) is 173 Å². The largest absolute Gasteiger partial charge is 0.428 e. The van der Waals surface area contributed by atoms with Gasteiger partial charge in [0.15, 0.2) is 0 Å². The fourth-order valence-electron chi connectivity index (χ4n) is 5.44. The predicted octanol–water partition coefficient (Wildman–Crippen LogP) is 18.6. The third-order valence-corrected chi connectivity index (χ3v) is 12.2. The molecule has 0 aliphatic rings. The van der Waals surface area contributed by atoms with Crippen molar-refractivity contribution in [3.05, 3.63) is 325 Å². The van der Waals surface area contributed by atoms with E-state index in [1.54, 1.807) is 128 Å². The first kappa shape index (κ1) is 85.5. The van der Waals surface area contributed by atoms with E-state index in [1.165, 1.54) is 29.9 Å². The van der Waals surface area contributed by atoms with E-state index in [2.05, 4.69) is 89.7 Å². The van der Waals surface area contributed by atoms with Gasteiger partial charge in [0.05, 0.1) is 21.3 Å². The molecule has 0 radical (unpaired) electrons. The van der Waals surface area contributed by atoms with Crippen LogP contribution in [0.2, 0.25) is 25.4 Å². The Morgan fingerprint density at radius 1 is 0.443 bits per heavy atom. The number of nitrogens with zero attached hydrogens (tertiary/aromatic N) is 18. The maximum absolute atomic E-state index is 11.9. The van der Waals surface area contributed by atoms with E-state index in [-0.39, 0.29) is 0 Å². The highest BCUT2D eigenvalue weighted by Gasteiger charge is 2.30. The van der Waals surface area contributed by atoms with E-state index >= 15 is 0 Å². The van der Waals surface area contributed by atoms with Crippen molar-refractivity contribution in [3.63, 3.8) is 0 Å². The lowest BCUT2D eigenvalue weighted by molar-refractivity contribution is -0.137. The van der Waals surface area contributed by atoms with Gasteiger partial charge in [0.1, 0.15) is 39.3 Å². The summed E-state index contributed by atoms with van der Waals surface area (Å²) < 4.78 is 41.9. The van der Waals surface area contributed by atoms with Gasteiger partial charge in [0.25, 0.3) is 0 Å². The molecule has 0 bridgehead atoms. The summed E-state index contributed by atoms with van der Waals surface area (Å²) in [6.45, 7) is 22.8. The fraction of sp³-hybridized carbons (Fsp3) is 0.203. The summed E-state index contributed by atoms with van der Waals surface area (Å²) in [5.74, 6) is 1.43. The predicted molar refractivity (Wildman–Crippen MR) is 382 cm³/mol. The number of alkyl halides is 3. The first-order chi connectivity index (χ1) is 46.2. The van der Waals surface area contributed by atoms with Gasteiger partial charge in [-0.25, -0.2) is 24.9 Å². The second kappa shape index (κ2) is 52.7. The topological polar surface area (TPSA) is 237 Å². The van der Waals surface area contributed by atoms with E-state index in [9.17, 15) is 13.2 Å². The Labute approximate surface area is 594 Å². The molecular formula is C69H76Cl5F3N18OS. The minimum atomic E-state index is -4.28. The molecule has 28 heteroatoms. The number of pyridine rings is 9. The smallest absolute Gasteiger partial charge is 0.417 e. The molecule has 0 amide bonds. The van der Waals surface area contributed by atoms with Gasteiger partial charge in [-0.15, -0.1) is 31.7 Å². The van der Waals surface area contributed by atoms with Crippen LogP contribution in [0.15, 0.2) is 231 Å². The third-order valence-electron chi connectivity index (χ3n) is 10.3. The molecule has 0 N–H and O–H groups in total. The Morgan fingerprint density at radius 3 is 1.38 bits per heavy atom. The lowest BCUT2D eigenvalue weighted by Gasteiger charge is -2.04. The summed E-state index contributed by atoms with van der Waals surface area (Å²) in [7, 11) is 1.83. The molecule has 0 fully saturated rings. The molecule has 97 heavy (non-hydrogen) atoms. The second-order valence-corrected chi connectivity index (χ2v) is 22.1. The van der Waals surface area contributed by atoms with Gasteiger partial charge in [-0.1, -0.05) is 82.3 Å². The number of hydrogen-bond acceptors (Lipinski definition) is 19. The van der Waals surface area contributed by atoms with Gasteiger partial charge >= 0.3 is 6.18 Å². The highest BCUT2D eigenvalue weighted by molar-refractivity contribution is 7.09. The van der Waals surface area contributed by atoms with Crippen LogP contribution in [-0.4, -0.2) is 90.0 Å². The molecule has 13 aromatic rings. The highest BCUT2D eigenvalue weighted by Crippen LogP contribution is 2.28. The Kier molecular flexibility index (Phi) is 46.5. The Morgan fingerprint density at radius 2 is 1.08 bits per heavy atom. The monoisotopic (exact) mass is 1440 g/mol. The summed E-state index contributed by atoms with van der Waals surface area (Å²) in [5.41, 5.74) is 10.1. The molecule has 13 rings (SSSR count). The van der Waals surface area contributed by atoms with Gasteiger partial charge in [-0.2, -0.15) is 18.3 Å². The molecule has 0 aliphatic carbocycles. The van der Waals surface area contributed by atoms with Crippen LogP contribution in [0, 0.1) is 83.1 Å². The zero-order chi connectivity index (χ0) is 72.1. The molecule has 0 spiro atoms. The molecule has 0 aromatic carbocycles. The SMILES string of the molecule is Cc1cc(Cl)ccn1.Cc1ccc(C(F)(F)F)cn1.Cc1ccc(Cl)cn1.Cc1ccc(Cl)nc1.Cc1cccc(Cl)n1.Cc1ccccn1.Cc1cccnc1.Cc1ccncc1.Cc1ncccc1Cl.Cc1ncccn1.Cc1nnco1.Cc1nncs1.Cn1cncn1. The Hall–Kier alpha value is -9.49. The van der Waals surface area contributed by atoms with Crippen molar-refractivity contribution >= 4 is 69.3 Å². The fourth-order valence-corrected chi connectivity index (χ4v) is 6.55. The van der Waals surface area contributed by atoms with Crippen LogP contribution in [0.1, 0.15) is 73.1 Å². The molecule has 0 saturated heterocycles. The van der Waals surface area contributed by atoms with Crippen LogP contribution in [0.25, 0.3) is 0 Å². The Bertz CT molecular complexity index is 3540. The van der Waals surface area contributed by atoms with Crippen molar-refractivity contribution in [2.24, 2.45) is 7.05 Å². The van der Waals surface area contributed by atoms with Crippen molar-refractivity contribution in [2.75, 3.05) is 0 Å². The molecule has 0 aliphatic heterocycles. The lowest BCUT2D eigenvalue weighted by Crippen LogP contribution is -2.05. The van der Waals surface area contributed by atoms with Gasteiger partial charge in [-0.05, 0) is 196 Å². The van der Waals surface area contributed by atoms with Gasteiger partial charge < -0.3 is 4.42 Å². The summed E-state index contributed by atoms with van der Waals surface area (Å²) in [5, 5.41) is 22.2. The molecule has 0 saturated carbocycles. The van der Waals surface area contributed by atoms with E-state index in [0.717, 1.165) is 67.2 Å². The van der Waals surface area contributed by atoms with Crippen molar-refractivity contribution < 1.29 is 17.6 Å². The van der Waals surface area contributed by atoms with Crippen molar-refractivity contribution in [1.82, 2.24) is 90.0 Å². The normalized spacial score (nSPS) is 9.29. The first-order valence-corrected chi connectivity index (χ1v) is 31.5. The molecule has 19 nitrogen and oxygen atoms in total.